The summed E-state index contributed by atoms with van der Waals surface area (Å²) in [5, 5.41) is 5.97. The highest BCUT2D eigenvalue weighted by Crippen LogP contribution is 2.71. The van der Waals surface area contributed by atoms with E-state index in [9.17, 15) is 19.8 Å². The van der Waals surface area contributed by atoms with Gasteiger partial charge in [0, 0.05) is 0 Å². The minimum atomic E-state index is -5.55. The molecule has 0 aromatic rings. The molecule has 0 spiro atoms. The van der Waals surface area contributed by atoms with E-state index < -0.39 is 27.4 Å². The van der Waals surface area contributed by atoms with E-state index >= 15 is 0 Å². The zero-order valence-corrected chi connectivity index (χ0v) is 10.3. The zero-order chi connectivity index (χ0) is 13.0. The number of aliphatic hydroxyl groups is 1. The van der Waals surface area contributed by atoms with Crippen LogP contribution in [-0.4, -0.2) is 31.4 Å². The average Bonchev–Trinajstić information content (AvgIpc) is 2.08. The third-order valence-corrected chi connectivity index (χ3v) is 5.96. The summed E-state index contributed by atoms with van der Waals surface area (Å²) in [5.74, 6) is 0. The lowest BCUT2D eigenvalue weighted by Crippen LogP contribution is -2.48. The Morgan fingerprint density at radius 3 is 1.81 bits per heavy atom. The molecule has 10 heteroatoms. The summed E-state index contributed by atoms with van der Waals surface area (Å²) in [5.41, 5.74) is 5.17. The fraction of sp³-hybridized carbons (Fsp3) is 1.00. The second kappa shape index (κ2) is 5.93. The van der Waals surface area contributed by atoms with Crippen LogP contribution in [0.4, 0.5) is 0 Å². The molecule has 0 bridgehead atoms. The van der Waals surface area contributed by atoms with E-state index in [1.807, 2.05) is 0 Å². The van der Waals surface area contributed by atoms with Gasteiger partial charge in [0.25, 0.3) is 0 Å². The Morgan fingerprint density at radius 2 is 1.50 bits per heavy atom. The molecule has 0 aliphatic rings. The highest BCUT2D eigenvalue weighted by molar-refractivity contribution is 7.76. The van der Waals surface area contributed by atoms with Gasteiger partial charge in [-0.1, -0.05) is 6.42 Å². The molecule has 0 rings (SSSR count). The molecule has 6 N–H and O–H groups in total. The molecule has 0 saturated carbocycles. The predicted molar refractivity (Wildman–Crippen MR) is 53.0 cm³/mol. The third-order valence-electron chi connectivity index (χ3n) is 2.14. The van der Waals surface area contributed by atoms with Crippen LogP contribution in [0.2, 0.25) is 0 Å². The molecule has 0 aromatic heterocycles. The van der Waals surface area contributed by atoms with Gasteiger partial charge < -0.3 is 25.5 Å². The lowest BCUT2D eigenvalue weighted by molar-refractivity contribution is -0.347. The third kappa shape index (κ3) is 4.09. The molecule has 0 aromatic carbocycles. The number of nitrogens with two attached hydrogens (primary N) is 1. The Labute approximate surface area is 94.2 Å². The van der Waals surface area contributed by atoms with Gasteiger partial charge in [0.05, 0.1) is 6.42 Å². The topological polar surface area (TPSA) is 176 Å². The van der Waals surface area contributed by atoms with Crippen LogP contribution in [0.25, 0.3) is 0 Å². The van der Waals surface area contributed by atoms with Crippen molar-refractivity contribution in [2.45, 2.75) is 30.8 Å². The van der Waals surface area contributed by atoms with Gasteiger partial charge in [-0.15, -0.1) is 0 Å². The molecule has 0 aliphatic heterocycles. The SMILES string of the molecule is NCCCCCC(O)([P+]([O-])([O-])O)[P+]([O-])(O)O. The van der Waals surface area contributed by atoms with Crippen molar-refractivity contribution in [3.8, 4) is 0 Å². The lowest BCUT2D eigenvalue weighted by atomic mass is 10.2. The lowest BCUT2D eigenvalue weighted by Gasteiger charge is -2.43. The molecule has 0 heterocycles. The molecule has 1 atom stereocenters. The second-order valence-corrected chi connectivity index (χ2v) is 7.40. The molecule has 8 nitrogen and oxygen atoms in total. The molecule has 98 valence electrons. The van der Waals surface area contributed by atoms with Crippen LogP contribution in [0.15, 0.2) is 0 Å². The van der Waals surface area contributed by atoms with Gasteiger partial charge >= 0.3 is 13.0 Å². The normalized spacial score (nSPS) is 17.2. The van der Waals surface area contributed by atoms with Gasteiger partial charge in [0.2, 0.25) is 0 Å². The minimum Gasteiger partial charge on any atom is -0.654 e. The highest BCUT2D eigenvalue weighted by Gasteiger charge is 2.61. The van der Waals surface area contributed by atoms with Crippen LogP contribution in [0, 0.1) is 0 Å². The Morgan fingerprint density at radius 1 is 1.00 bits per heavy atom. The minimum absolute atomic E-state index is 0.0333. The summed E-state index contributed by atoms with van der Waals surface area (Å²) in [6, 6.07) is 0. The largest absolute Gasteiger partial charge is 0.654 e. The monoisotopic (exact) mass is 276 g/mol. The van der Waals surface area contributed by atoms with Crippen molar-refractivity contribution in [2.75, 3.05) is 6.54 Å². The van der Waals surface area contributed by atoms with Crippen molar-refractivity contribution in [3.63, 3.8) is 0 Å². The van der Waals surface area contributed by atoms with Gasteiger partial charge in [-0.2, -0.15) is 0 Å². The maximum Gasteiger partial charge on any atom is 0.340 e. The molecule has 0 saturated heterocycles. The van der Waals surface area contributed by atoms with E-state index in [2.05, 4.69) is 0 Å². The van der Waals surface area contributed by atoms with E-state index in [1.165, 1.54) is 0 Å². The first-order valence-corrected chi connectivity index (χ1v) is 7.77. The maximum absolute atomic E-state index is 10.9. The highest BCUT2D eigenvalue weighted by atomic mass is 31.3. The fourth-order valence-electron chi connectivity index (χ4n) is 1.13. The van der Waals surface area contributed by atoms with Crippen LogP contribution in [0.3, 0.4) is 0 Å². The quantitative estimate of drug-likeness (QED) is 0.237. The van der Waals surface area contributed by atoms with Crippen LogP contribution < -0.4 is 20.4 Å². The van der Waals surface area contributed by atoms with E-state index in [0.29, 0.717) is 19.4 Å². The van der Waals surface area contributed by atoms with Crippen molar-refractivity contribution in [1.82, 2.24) is 0 Å². The van der Waals surface area contributed by atoms with Crippen LogP contribution in [-0.2, 0) is 0 Å². The Kier molecular flexibility index (Phi) is 6.13. The summed E-state index contributed by atoms with van der Waals surface area (Å²) in [6.45, 7) is 0.350. The van der Waals surface area contributed by atoms with E-state index in [1.54, 1.807) is 0 Å². The number of rotatable bonds is 7. The van der Waals surface area contributed by atoms with Crippen molar-refractivity contribution in [1.29, 1.82) is 0 Å². The smallest absolute Gasteiger partial charge is 0.340 e. The van der Waals surface area contributed by atoms with Gasteiger partial charge in [-0.3, -0.25) is 4.89 Å². The van der Waals surface area contributed by atoms with Gasteiger partial charge in [0.1, 0.15) is 7.94 Å². The summed E-state index contributed by atoms with van der Waals surface area (Å²) in [7, 11) is -10.9. The second-order valence-electron chi connectivity index (χ2n) is 3.44. The van der Waals surface area contributed by atoms with E-state index in [4.69, 9.17) is 20.4 Å². The molecular weight excluding hydrogens is 260 g/mol. The standard InChI is InChI=1S/C6H17NO7P2/c7-5-3-1-2-4-6(8,15(9,10)11)16(12,13)14/h8H,1-5,7H2,(H2,9,10,11)(H2,12,13,14)/p-1. The molecule has 0 amide bonds. The van der Waals surface area contributed by atoms with Gasteiger partial charge in [-0.05, 0) is 19.4 Å². The van der Waals surface area contributed by atoms with Crippen molar-refractivity contribution >= 4 is 15.9 Å². The predicted octanol–water partition coefficient (Wildman–Crippen LogP) is -3.27. The molecular formula is C6H16NO7P2-. The maximum atomic E-state index is 10.9. The van der Waals surface area contributed by atoms with Crippen LogP contribution >= 0.6 is 15.9 Å². The number of unbranched alkanes of at least 4 members (excludes halogenated alkanes) is 2. The van der Waals surface area contributed by atoms with Crippen molar-refractivity contribution < 1.29 is 34.5 Å². The van der Waals surface area contributed by atoms with Crippen LogP contribution in [0.5, 0.6) is 0 Å². The van der Waals surface area contributed by atoms with Gasteiger partial charge in [0.15, 0.2) is 0 Å². The average molecular weight is 276 g/mol. The first-order valence-electron chi connectivity index (χ1n) is 4.58. The summed E-state index contributed by atoms with van der Waals surface area (Å²) in [6.07, 6.45) is 0.241. The van der Waals surface area contributed by atoms with E-state index in [-0.39, 0.29) is 6.42 Å². The summed E-state index contributed by atoms with van der Waals surface area (Å²) < 4.78 is 0. The number of hydrogen-bond donors (Lipinski definition) is 5. The summed E-state index contributed by atoms with van der Waals surface area (Å²) in [4.78, 5) is 58.5. The molecule has 16 heavy (non-hydrogen) atoms. The molecule has 0 aliphatic carbocycles. The van der Waals surface area contributed by atoms with Crippen molar-refractivity contribution in [3.05, 3.63) is 0 Å². The fourth-order valence-corrected chi connectivity index (χ4v) is 3.34. The Hall–Kier alpha value is 0.540. The van der Waals surface area contributed by atoms with Crippen LogP contribution in [0.1, 0.15) is 25.7 Å². The molecule has 0 fully saturated rings. The Bertz CT molecular complexity index is 200. The first kappa shape index (κ1) is 16.5. The first-order chi connectivity index (χ1) is 7.06. The van der Waals surface area contributed by atoms with Gasteiger partial charge in [-0.25, -0.2) is 9.79 Å². The summed E-state index contributed by atoms with van der Waals surface area (Å²) >= 11 is 0. The Balaban J connectivity index is 4.59. The molecule has 0 radical (unpaired) electrons. The molecule has 1 unspecified atom stereocenters. The van der Waals surface area contributed by atoms with E-state index in [0.717, 1.165) is 0 Å². The zero-order valence-electron chi connectivity index (χ0n) is 8.52. The number of hydrogen-bond acceptors (Lipinski definition) is 8. The van der Waals surface area contributed by atoms with Crippen molar-refractivity contribution in [2.24, 2.45) is 5.73 Å².